The van der Waals surface area contributed by atoms with Gasteiger partial charge in [-0.25, -0.2) is 4.39 Å². The maximum atomic E-state index is 14.7. The first-order chi connectivity index (χ1) is 26.1. The molecule has 0 bridgehead atoms. The van der Waals surface area contributed by atoms with Gasteiger partial charge < -0.3 is 26.0 Å². The molecular formula is C40H46F4N6O5. The molecule has 1 aromatic heterocycles. The van der Waals surface area contributed by atoms with E-state index in [9.17, 15) is 41.8 Å². The highest BCUT2D eigenvalue weighted by Gasteiger charge is 2.47. The van der Waals surface area contributed by atoms with Crippen LogP contribution in [-0.2, 0) is 44.6 Å². The van der Waals surface area contributed by atoms with E-state index in [1.807, 2.05) is 13.8 Å². The van der Waals surface area contributed by atoms with Gasteiger partial charge in [0.1, 0.15) is 29.2 Å². The van der Waals surface area contributed by atoms with Crippen LogP contribution in [0, 0.1) is 17.7 Å². The number of aryl methyl sites for hydroxylation is 1. The second kappa shape index (κ2) is 16.8. The monoisotopic (exact) mass is 766 g/mol. The van der Waals surface area contributed by atoms with Gasteiger partial charge >= 0.3 is 6.18 Å². The van der Waals surface area contributed by atoms with Gasteiger partial charge in [0, 0.05) is 17.5 Å². The predicted molar refractivity (Wildman–Crippen MR) is 199 cm³/mol. The summed E-state index contributed by atoms with van der Waals surface area (Å²) in [4.78, 5) is 58.7. The lowest BCUT2D eigenvalue weighted by molar-refractivity contribution is -0.139. The Morgan fingerprint density at radius 3 is 2.16 bits per heavy atom. The van der Waals surface area contributed by atoms with Gasteiger partial charge in [-0.1, -0.05) is 70.9 Å². The number of amides is 4. The van der Waals surface area contributed by atoms with Crippen molar-refractivity contribution in [3.63, 3.8) is 0 Å². The van der Waals surface area contributed by atoms with Gasteiger partial charge in [0.15, 0.2) is 0 Å². The molecule has 0 saturated heterocycles. The molecule has 5 atom stereocenters. The number of para-hydroxylation sites is 1. The number of phenolic OH excluding ortho intramolecular Hbond substituents is 1. The summed E-state index contributed by atoms with van der Waals surface area (Å²) in [5.74, 6) is -4.10. The zero-order chi connectivity index (χ0) is 40.1. The number of nitrogens with one attached hydrogen (secondary N) is 6. The number of hydrogen-bond acceptors (Lipinski definition) is 6. The van der Waals surface area contributed by atoms with Crippen LogP contribution < -0.4 is 26.8 Å². The summed E-state index contributed by atoms with van der Waals surface area (Å²) < 4.78 is 56.6. The van der Waals surface area contributed by atoms with E-state index in [4.69, 9.17) is 0 Å². The number of hydrogen-bond donors (Lipinski definition) is 7. The molecule has 11 nitrogen and oxygen atoms in total. The van der Waals surface area contributed by atoms with E-state index in [1.165, 1.54) is 54.6 Å². The Labute approximate surface area is 316 Å². The molecule has 55 heavy (non-hydrogen) atoms. The maximum Gasteiger partial charge on any atom is 0.418 e. The lowest BCUT2D eigenvalue weighted by Gasteiger charge is -2.39. The molecule has 0 spiro atoms. The number of alkyl halides is 3. The molecule has 1 heterocycles. The molecule has 7 N–H and O–H groups in total. The Morgan fingerprint density at radius 1 is 0.873 bits per heavy atom. The normalized spacial score (nSPS) is 17.6. The number of phenols is 1. The highest BCUT2D eigenvalue weighted by molar-refractivity contribution is 5.99. The number of hydrazine groups is 1. The molecule has 2 unspecified atom stereocenters. The molecule has 0 radical (unpaired) electrons. The lowest BCUT2D eigenvalue weighted by atomic mass is 9.78. The van der Waals surface area contributed by atoms with E-state index < -0.39 is 70.6 Å². The Kier molecular flexibility index (Phi) is 12.4. The summed E-state index contributed by atoms with van der Waals surface area (Å²) in [6.45, 7) is 7.15. The van der Waals surface area contributed by atoms with Gasteiger partial charge in [0.05, 0.1) is 23.2 Å². The van der Waals surface area contributed by atoms with Crippen LogP contribution in [0.15, 0.2) is 66.7 Å². The van der Waals surface area contributed by atoms with Gasteiger partial charge in [-0.3, -0.25) is 30.0 Å². The Morgan fingerprint density at radius 2 is 1.53 bits per heavy atom. The van der Waals surface area contributed by atoms with Crippen molar-refractivity contribution >= 4 is 40.2 Å². The molecule has 4 amide bonds. The standard InChI is InChI=1S/C40H46F4N6O5/c1-5-22(3)33(46-32(52)20-24-10-7-8-13-30(24)41)36(53)48-39(19-18-31-28(21-39)27-11-9-12-29(35(27)45-31)40(42,43)44)38(55)47-34(23(4)6-2)37(54)50-49-25-14-16-26(51)17-15-25/h7-17,22-23,33-34,45,49,51H,5-6,18-21H2,1-4H3,(H,46,52)(H,47,55)(H,48,53)(H,50,54)/t22?,23?,33-,34-,39+/m0/s1. The molecule has 0 aliphatic heterocycles. The van der Waals surface area contributed by atoms with E-state index >= 15 is 0 Å². The van der Waals surface area contributed by atoms with Crippen LogP contribution in [0.4, 0.5) is 23.2 Å². The number of aromatic hydroxyl groups is 1. The van der Waals surface area contributed by atoms with Crippen LogP contribution in [0.1, 0.15) is 69.3 Å². The zero-order valence-electron chi connectivity index (χ0n) is 31.0. The Balaban J connectivity index is 1.49. The number of benzene rings is 3. The van der Waals surface area contributed by atoms with Crippen LogP contribution in [0.3, 0.4) is 0 Å². The first-order valence-corrected chi connectivity index (χ1v) is 18.3. The van der Waals surface area contributed by atoms with Gasteiger partial charge in [0.25, 0.3) is 5.91 Å². The van der Waals surface area contributed by atoms with Gasteiger partial charge in [-0.15, -0.1) is 0 Å². The number of anilines is 1. The largest absolute Gasteiger partial charge is 0.508 e. The fourth-order valence-corrected chi connectivity index (χ4v) is 6.86. The molecule has 0 saturated carbocycles. The van der Waals surface area contributed by atoms with Crippen molar-refractivity contribution in [1.29, 1.82) is 0 Å². The summed E-state index contributed by atoms with van der Waals surface area (Å²) in [6.07, 6.45) is -4.30. The minimum Gasteiger partial charge on any atom is -0.508 e. The van der Waals surface area contributed by atoms with Gasteiger partial charge in [-0.2, -0.15) is 13.2 Å². The zero-order valence-corrected chi connectivity index (χ0v) is 31.0. The number of rotatable bonds is 14. The molecule has 3 aromatic carbocycles. The number of aromatic amines is 1. The summed E-state index contributed by atoms with van der Waals surface area (Å²) >= 11 is 0. The number of halogens is 4. The Bertz CT molecular complexity index is 2030. The smallest absolute Gasteiger partial charge is 0.418 e. The fraction of sp³-hybridized carbons (Fsp3) is 0.400. The predicted octanol–water partition coefficient (Wildman–Crippen LogP) is 5.82. The minimum atomic E-state index is -4.66. The molecule has 4 aromatic rings. The van der Waals surface area contributed by atoms with Crippen LogP contribution in [0.25, 0.3) is 10.9 Å². The third-order valence-electron chi connectivity index (χ3n) is 10.5. The second-order valence-corrected chi connectivity index (χ2v) is 14.3. The van der Waals surface area contributed by atoms with E-state index in [0.717, 1.165) is 6.07 Å². The van der Waals surface area contributed by atoms with Crippen molar-refractivity contribution in [2.45, 2.75) is 90.0 Å². The van der Waals surface area contributed by atoms with Crippen molar-refractivity contribution in [2.75, 3.05) is 5.43 Å². The average Bonchev–Trinajstić information content (AvgIpc) is 3.53. The summed E-state index contributed by atoms with van der Waals surface area (Å²) in [5, 5.41) is 18.3. The van der Waals surface area contributed by atoms with Crippen LogP contribution in [0.2, 0.25) is 0 Å². The number of carbonyl (C=O) groups is 4. The van der Waals surface area contributed by atoms with Gasteiger partial charge in [-0.05, 0) is 72.2 Å². The lowest BCUT2D eigenvalue weighted by Crippen LogP contribution is -2.67. The number of H-pyrrole nitrogens is 1. The van der Waals surface area contributed by atoms with E-state index in [1.54, 1.807) is 19.9 Å². The van der Waals surface area contributed by atoms with Crippen molar-refractivity contribution in [3.05, 3.63) is 94.9 Å². The molecule has 1 aliphatic carbocycles. The van der Waals surface area contributed by atoms with Crippen LogP contribution >= 0.6 is 0 Å². The molecule has 5 rings (SSSR count). The summed E-state index contributed by atoms with van der Waals surface area (Å²) in [5.41, 5.74) is 4.02. The molecule has 0 fully saturated rings. The van der Waals surface area contributed by atoms with Crippen molar-refractivity contribution in [1.82, 2.24) is 26.4 Å². The summed E-state index contributed by atoms with van der Waals surface area (Å²) in [7, 11) is 0. The highest BCUT2D eigenvalue weighted by Crippen LogP contribution is 2.40. The summed E-state index contributed by atoms with van der Waals surface area (Å²) in [6, 6.07) is 13.1. The van der Waals surface area contributed by atoms with Crippen molar-refractivity contribution in [3.8, 4) is 5.75 Å². The van der Waals surface area contributed by atoms with E-state index in [0.29, 0.717) is 29.8 Å². The quantitative estimate of drug-likeness (QED) is 0.0486. The van der Waals surface area contributed by atoms with E-state index in [-0.39, 0.29) is 47.9 Å². The number of carbonyl (C=O) groups excluding carboxylic acids is 4. The maximum absolute atomic E-state index is 14.7. The molecule has 15 heteroatoms. The number of aromatic nitrogens is 1. The molecular weight excluding hydrogens is 720 g/mol. The first-order valence-electron chi connectivity index (χ1n) is 18.3. The molecule has 294 valence electrons. The third-order valence-corrected chi connectivity index (χ3v) is 10.5. The first kappa shape index (κ1) is 40.6. The van der Waals surface area contributed by atoms with Crippen molar-refractivity contribution < 1.29 is 41.8 Å². The third kappa shape index (κ3) is 9.20. The van der Waals surface area contributed by atoms with Gasteiger partial charge in [0.2, 0.25) is 17.7 Å². The minimum absolute atomic E-state index is 0.0228. The SMILES string of the molecule is CCC(C)[C@H](NC(=O)Cc1ccccc1F)C(=O)N[C@]1(C(=O)N[C@H](C(=O)NNc2ccc(O)cc2)C(C)CC)CCc2[nH]c3c(C(F)(F)F)cccc3c2C1. The average molecular weight is 767 g/mol. The molecule has 1 aliphatic rings. The fourth-order valence-electron chi connectivity index (χ4n) is 6.86. The van der Waals surface area contributed by atoms with Crippen molar-refractivity contribution in [2.24, 2.45) is 11.8 Å². The highest BCUT2D eigenvalue weighted by atomic mass is 19.4. The Hall–Kier alpha value is -5.60. The number of fused-ring (bicyclic) bond motifs is 3. The van der Waals surface area contributed by atoms with E-state index in [2.05, 4.69) is 31.8 Å². The van der Waals surface area contributed by atoms with Crippen LogP contribution in [0.5, 0.6) is 5.75 Å². The topological polar surface area (TPSA) is 164 Å². The van der Waals surface area contributed by atoms with Crippen LogP contribution in [-0.4, -0.2) is 51.3 Å². The second-order valence-electron chi connectivity index (χ2n) is 14.3.